The number of imidazole rings is 1. The molecule has 0 saturated carbocycles. The molecule has 0 aliphatic carbocycles. The number of morpholine rings is 1. The van der Waals surface area contributed by atoms with E-state index in [1.165, 1.54) is 11.3 Å². The van der Waals surface area contributed by atoms with Crippen molar-refractivity contribution in [2.75, 3.05) is 32.2 Å². The zero-order valence-electron chi connectivity index (χ0n) is 19.7. The summed E-state index contributed by atoms with van der Waals surface area (Å²) < 4.78 is 36.3. The highest BCUT2D eigenvalue weighted by Gasteiger charge is 2.35. The highest BCUT2D eigenvalue weighted by atomic mass is 32.1. The number of oxazole rings is 1. The van der Waals surface area contributed by atoms with E-state index in [-0.39, 0.29) is 18.8 Å². The first-order valence-corrected chi connectivity index (χ1v) is 12.5. The molecule has 2 aliphatic rings. The fourth-order valence-corrected chi connectivity index (χ4v) is 5.46. The summed E-state index contributed by atoms with van der Waals surface area (Å²) in [5.41, 5.74) is 2.00. The lowest BCUT2D eigenvalue weighted by Gasteiger charge is -2.30. The molecule has 4 aromatic heterocycles. The van der Waals surface area contributed by atoms with E-state index >= 15 is 0 Å². The Hall–Kier alpha value is -3.77. The van der Waals surface area contributed by atoms with Crippen LogP contribution in [0, 0.1) is 0 Å². The summed E-state index contributed by atoms with van der Waals surface area (Å²) in [6.45, 7) is 1.85. The summed E-state index contributed by atoms with van der Waals surface area (Å²) >= 11 is 1.36. The number of fused-ring (bicyclic) bond motifs is 4. The van der Waals surface area contributed by atoms with Gasteiger partial charge in [0.1, 0.15) is 41.3 Å². The third-order valence-corrected chi connectivity index (χ3v) is 7.37. The number of hydrogen-bond acceptors (Lipinski definition) is 11. The second-order valence-corrected chi connectivity index (χ2v) is 9.76. The maximum Gasteiger partial charge on any atom is 0.297 e. The number of hydrogen-bond donors (Lipinski definition) is 0. The van der Waals surface area contributed by atoms with Crippen LogP contribution >= 0.6 is 11.3 Å². The minimum absolute atomic E-state index is 0.243. The van der Waals surface area contributed by atoms with Crippen molar-refractivity contribution < 1.29 is 27.8 Å². The maximum atomic E-state index is 6.17. The third kappa shape index (κ3) is 3.73. The molecule has 0 radical (unpaired) electrons. The molecule has 186 valence electrons. The van der Waals surface area contributed by atoms with Crippen LogP contribution in [0.25, 0.3) is 27.4 Å². The van der Waals surface area contributed by atoms with Gasteiger partial charge in [-0.05, 0) is 30.2 Å². The quantitative estimate of drug-likeness (QED) is 0.317. The smallest absolute Gasteiger partial charge is 0.297 e. The van der Waals surface area contributed by atoms with Crippen molar-refractivity contribution in [3.8, 4) is 28.1 Å². The second kappa shape index (κ2) is 8.42. The fourth-order valence-electron chi connectivity index (χ4n) is 4.76. The van der Waals surface area contributed by atoms with E-state index in [1.807, 2.05) is 18.2 Å². The van der Waals surface area contributed by atoms with E-state index in [2.05, 4.69) is 20.0 Å². The van der Waals surface area contributed by atoms with E-state index in [4.69, 9.17) is 27.8 Å². The van der Waals surface area contributed by atoms with Gasteiger partial charge in [-0.15, -0.1) is 5.10 Å². The molecule has 6 heterocycles. The summed E-state index contributed by atoms with van der Waals surface area (Å²) in [4.78, 5) is 12.1. The standard InChI is InChI=1S/C24H23N5O6S/c1-30-16-5-19(32-11-13-12-33-22(25-13)28-8-14-3-4-15(9-28)34-14)17-7-21(35-20(17)6-16)18-10-29-23(26-18)36-24(27-29)31-2/h5-7,10,12,14-15H,3-4,8-9,11H2,1-2H3. The molecule has 0 N–H and O–H groups in total. The number of furan rings is 1. The van der Waals surface area contributed by atoms with Gasteiger partial charge in [0, 0.05) is 25.2 Å². The lowest BCUT2D eigenvalue weighted by Crippen LogP contribution is -2.42. The van der Waals surface area contributed by atoms with Gasteiger partial charge in [0.2, 0.25) is 4.96 Å². The highest BCUT2D eigenvalue weighted by molar-refractivity contribution is 7.18. The number of anilines is 1. The number of nitrogens with zero attached hydrogens (tertiary/aromatic N) is 5. The average molecular weight is 510 g/mol. The van der Waals surface area contributed by atoms with Gasteiger partial charge in [-0.3, -0.25) is 0 Å². The molecule has 2 bridgehead atoms. The first kappa shape index (κ1) is 21.5. The Labute approximate surface area is 209 Å². The zero-order valence-corrected chi connectivity index (χ0v) is 20.5. The van der Waals surface area contributed by atoms with E-state index in [0.29, 0.717) is 50.4 Å². The van der Waals surface area contributed by atoms with Crippen LogP contribution in [0.4, 0.5) is 6.01 Å². The number of ether oxygens (including phenoxy) is 4. The summed E-state index contributed by atoms with van der Waals surface area (Å²) in [6, 6.07) is 6.18. The van der Waals surface area contributed by atoms with Crippen molar-refractivity contribution in [1.82, 2.24) is 19.6 Å². The molecule has 0 amide bonds. The topological polar surface area (TPSA) is 110 Å². The molecule has 36 heavy (non-hydrogen) atoms. The Morgan fingerprint density at radius 2 is 1.94 bits per heavy atom. The van der Waals surface area contributed by atoms with Crippen molar-refractivity contribution >= 4 is 33.3 Å². The molecule has 2 fully saturated rings. The van der Waals surface area contributed by atoms with Gasteiger partial charge >= 0.3 is 0 Å². The molecule has 2 atom stereocenters. The number of aromatic nitrogens is 4. The number of benzene rings is 1. The summed E-state index contributed by atoms with van der Waals surface area (Å²) in [5, 5.41) is 5.68. The van der Waals surface area contributed by atoms with Crippen molar-refractivity contribution in [3.05, 3.63) is 36.4 Å². The lowest BCUT2D eigenvalue weighted by atomic mass is 10.2. The SMILES string of the molecule is COc1cc(OCc2coc(N3CC4CCC(C3)O4)n2)c2cc(-c3cn4nc(OC)sc4n3)oc2c1. The van der Waals surface area contributed by atoms with Gasteiger partial charge in [0.15, 0.2) is 5.76 Å². The molecular formula is C24H23N5O6S. The fraction of sp³-hybridized carbons (Fsp3) is 0.375. The summed E-state index contributed by atoms with van der Waals surface area (Å²) in [7, 11) is 3.19. The highest BCUT2D eigenvalue weighted by Crippen LogP contribution is 2.38. The van der Waals surface area contributed by atoms with Gasteiger partial charge in [0.05, 0.1) is 38.0 Å². The Kier molecular flexibility index (Phi) is 5.03. The normalized spacial score (nSPS) is 19.4. The maximum absolute atomic E-state index is 6.17. The number of methoxy groups -OCH3 is 2. The average Bonchev–Trinajstić information content (AvgIpc) is 3.70. The predicted molar refractivity (Wildman–Crippen MR) is 130 cm³/mol. The van der Waals surface area contributed by atoms with Crippen molar-refractivity contribution in [3.63, 3.8) is 0 Å². The zero-order chi connectivity index (χ0) is 24.2. The molecule has 0 spiro atoms. The van der Waals surface area contributed by atoms with Gasteiger partial charge in [-0.25, -0.2) is 9.50 Å². The van der Waals surface area contributed by atoms with Crippen molar-refractivity contribution in [2.24, 2.45) is 0 Å². The molecule has 2 unspecified atom stereocenters. The van der Waals surface area contributed by atoms with Crippen LogP contribution in [-0.2, 0) is 11.3 Å². The Morgan fingerprint density at radius 3 is 2.72 bits per heavy atom. The van der Waals surface area contributed by atoms with E-state index < -0.39 is 0 Å². The molecule has 7 rings (SSSR count). The summed E-state index contributed by atoms with van der Waals surface area (Å²) in [5.74, 6) is 1.85. The van der Waals surface area contributed by atoms with Gasteiger partial charge < -0.3 is 32.7 Å². The van der Waals surface area contributed by atoms with Crippen molar-refractivity contribution in [1.29, 1.82) is 0 Å². The third-order valence-electron chi connectivity index (χ3n) is 6.49. The van der Waals surface area contributed by atoms with Crippen LogP contribution in [0.3, 0.4) is 0 Å². The van der Waals surface area contributed by atoms with E-state index in [0.717, 1.165) is 31.3 Å². The Balaban J connectivity index is 1.14. The van der Waals surface area contributed by atoms with Crippen LogP contribution < -0.4 is 19.1 Å². The molecule has 5 aromatic rings. The minimum Gasteiger partial charge on any atom is -0.496 e. The monoisotopic (exact) mass is 509 g/mol. The minimum atomic E-state index is 0.243. The Bertz CT molecular complexity index is 1510. The van der Waals surface area contributed by atoms with Gasteiger partial charge in [0.25, 0.3) is 11.2 Å². The molecule has 11 nitrogen and oxygen atoms in total. The second-order valence-electron chi connectivity index (χ2n) is 8.85. The molecule has 12 heteroatoms. The first-order valence-electron chi connectivity index (χ1n) is 11.6. The van der Waals surface area contributed by atoms with E-state index in [9.17, 15) is 0 Å². The van der Waals surface area contributed by atoms with Crippen molar-refractivity contribution in [2.45, 2.75) is 31.7 Å². The lowest BCUT2D eigenvalue weighted by molar-refractivity contribution is 0.0288. The van der Waals surface area contributed by atoms with E-state index in [1.54, 1.807) is 31.2 Å². The van der Waals surface area contributed by atoms with Crippen LogP contribution in [-0.4, -0.2) is 59.1 Å². The van der Waals surface area contributed by atoms with Crippen LogP contribution in [0.2, 0.25) is 0 Å². The van der Waals surface area contributed by atoms with Crippen LogP contribution in [0.5, 0.6) is 16.7 Å². The molecular weight excluding hydrogens is 486 g/mol. The Morgan fingerprint density at radius 1 is 1.08 bits per heavy atom. The van der Waals surface area contributed by atoms with Crippen LogP contribution in [0.15, 0.2) is 39.5 Å². The molecule has 2 aliphatic heterocycles. The number of rotatable bonds is 7. The van der Waals surface area contributed by atoms with Gasteiger partial charge in [-0.1, -0.05) is 0 Å². The molecule has 1 aromatic carbocycles. The molecule has 2 saturated heterocycles. The first-order chi connectivity index (χ1) is 17.6. The van der Waals surface area contributed by atoms with Gasteiger partial charge in [-0.2, -0.15) is 4.98 Å². The predicted octanol–water partition coefficient (Wildman–Crippen LogP) is 4.16. The summed E-state index contributed by atoms with van der Waals surface area (Å²) in [6.07, 6.45) is 6.16. The largest absolute Gasteiger partial charge is 0.496 e. The van der Waals surface area contributed by atoms with Crippen LogP contribution in [0.1, 0.15) is 18.5 Å².